The van der Waals surface area contributed by atoms with Crippen molar-refractivity contribution in [2.75, 3.05) is 13.2 Å². The summed E-state index contributed by atoms with van der Waals surface area (Å²) in [6, 6.07) is 8.32. The van der Waals surface area contributed by atoms with Crippen LogP contribution in [0.4, 0.5) is 0 Å². The van der Waals surface area contributed by atoms with Crippen LogP contribution in [0.2, 0.25) is 0 Å². The fourth-order valence-corrected chi connectivity index (χ4v) is 2.48. The van der Waals surface area contributed by atoms with Gasteiger partial charge in [0.25, 0.3) is 0 Å². The predicted molar refractivity (Wildman–Crippen MR) is 102 cm³/mol. The van der Waals surface area contributed by atoms with Gasteiger partial charge in [-0.3, -0.25) is 9.59 Å². The van der Waals surface area contributed by atoms with Crippen LogP contribution in [0.1, 0.15) is 27.2 Å². The molecule has 1 heterocycles. The fourth-order valence-electron chi connectivity index (χ4n) is 2.48. The first-order chi connectivity index (χ1) is 12.4. The summed E-state index contributed by atoms with van der Waals surface area (Å²) in [6.45, 7) is 5.58. The van der Waals surface area contributed by atoms with Gasteiger partial charge in [-0.15, -0.1) is 12.4 Å². The molecule has 0 saturated carbocycles. The maximum Gasteiger partial charge on any atom is 0.323 e. The number of hydrogen-bond donors (Lipinski definition) is 1. The van der Waals surface area contributed by atoms with E-state index >= 15 is 0 Å². The zero-order valence-corrected chi connectivity index (χ0v) is 16.6. The third kappa shape index (κ3) is 7.01. The largest absolute Gasteiger partial charge is 0.483 e. The highest BCUT2D eigenvalue weighted by atomic mass is 35.5. The van der Waals surface area contributed by atoms with Gasteiger partial charge in [-0.25, -0.2) is 0 Å². The van der Waals surface area contributed by atoms with Crippen LogP contribution in [0, 0.1) is 5.92 Å². The first kappa shape index (κ1) is 23.2. The van der Waals surface area contributed by atoms with Gasteiger partial charge in [-0.2, -0.15) is 0 Å². The van der Waals surface area contributed by atoms with E-state index < -0.39 is 30.3 Å². The normalized spacial score (nSPS) is 26.5. The molecule has 1 aromatic carbocycles. The lowest BCUT2D eigenvalue weighted by molar-refractivity contribution is -0.176. The van der Waals surface area contributed by atoms with Crippen molar-refractivity contribution < 1.29 is 28.5 Å². The van der Waals surface area contributed by atoms with Crippen LogP contribution in [0.5, 0.6) is 5.75 Å². The van der Waals surface area contributed by atoms with Crippen LogP contribution in [0.15, 0.2) is 30.3 Å². The number of rotatable bonds is 4. The van der Waals surface area contributed by atoms with Gasteiger partial charge >= 0.3 is 11.9 Å². The van der Waals surface area contributed by atoms with E-state index in [0.717, 1.165) is 0 Å². The number of nitrogens with two attached hydrogens (primary N) is 1. The number of cyclic esters (lactones) is 1. The van der Waals surface area contributed by atoms with E-state index in [4.69, 9.17) is 24.7 Å². The summed E-state index contributed by atoms with van der Waals surface area (Å²) in [6.07, 6.45) is -1.79. The highest BCUT2D eigenvalue weighted by Crippen LogP contribution is 2.21. The van der Waals surface area contributed by atoms with Gasteiger partial charge in [0.05, 0.1) is 12.5 Å². The quantitative estimate of drug-likeness (QED) is 0.771. The molecule has 152 valence electrons. The summed E-state index contributed by atoms with van der Waals surface area (Å²) in [4.78, 5) is 24.2. The third-order valence-corrected chi connectivity index (χ3v) is 4.04. The second-order valence-electron chi connectivity index (χ2n) is 6.64. The zero-order valence-electron chi connectivity index (χ0n) is 15.8. The summed E-state index contributed by atoms with van der Waals surface area (Å²) in [5.41, 5.74) is 5.80. The number of para-hydroxylation sites is 1. The maximum absolute atomic E-state index is 12.1. The average Bonchev–Trinajstić information content (AvgIpc) is 2.61. The smallest absolute Gasteiger partial charge is 0.323 e. The maximum atomic E-state index is 12.1. The molecule has 27 heavy (non-hydrogen) atoms. The topological polar surface area (TPSA) is 97.1 Å². The van der Waals surface area contributed by atoms with Gasteiger partial charge in [0.15, 0.2) is 12.2 Å². The fraction of sp³-hybridized carbons (Fsp3) is 0.579. The molecule has 1 saturated heterocycles. The van der Waals surface area contributed by atoms with E-state index in [1.54, 1.807) is 32.9 Å². The molecule has 1 aliphatic heterocycles. The Kier molecular flexibility index (Phi) is 9.55. The van der Waals surface area contributed by atoms with Crippen molar-refractivity contribution in [3.05, 3.63) is 30.3 Å². The summed E-state index contributed by atoms with van der Waals surface area (Å²) < 4.78 is 22.6. The molecular formula is C19H28ClNO6. The Balaban J connectivity index is 0.00000364. The van der Waals surface area contributed by atoms with Crippen LogP contribution in [0.3, 0.4) is 0 Å². The number of carbonyl (C=O) groups excluding carboxylic acids is 2. The number of benzene rings is 1. The first-order valence-electron chi connectivity index (χ1n) is 8.84. The van der Waals surface area contributed by atoms with Gasteiger partial charge in [-0.05, 0) is 25.5 Å². The molecule has 1 fully saturated rings. The molecule has 8 heteroatoms. The van der Waals surface area contributed by atoms with Crippen LogP contribution in [0.25, 0.3) is 0 Å². The lowest BCUT2D eigenvalue weighted by Gasteiger charge is -2.33. The van der Waals surface area contributed by atoms with E-state index in [2.05, 4.69) is 0 Å². The molecule has 1 aromatic rings. The number of hydrogen-bond acceptors (Lipinski definition) is 7. The van der Waals surface area contributed by atoms with Crippen molar-refractivity contribution in [2.45, 2.75) is 51.5 Å². The minimum absolute atomic E-state index is 0. The number of halogens is 1. The molecule has 4 atom stereocenters. The van der Waals surface area contributed by atoms with E-state index in [9.17, 15) is 9.59 Å². The molecule has 0 unspecified atom stereocenters. The molecule has 2 rings (SSSR count). The van der Waals surface area contributed by atoms with Gasteiger partial charge in [0.1, 0.15) is 17.9 Å². The molecule has 0 aliphatic carbocycles. The lowest BCUT2D eigenvalue weighted by atomic mass is 10.1. The Labute approximate surface area is 165 Å². The Morgan fingerprint density at radius 2 is 1.93 bits per heavy atom. The van der Waals surface area contributed by atoms with Crippen LogP contribution in [-0.4, -0.2) is 49.5 Å². The van der Waals surface area contributed by atoms with Crippen LogP contribution in [-0.2, 0) is 23.8 Å². The Bertz CT molecular complexity index is 597. The van der Waals surface area contributed by atoms with Crippen molar-refractivity contribution >= 4 is 24.3 Å². The van der Waals surface area contributed by atoms with E-state index in [1.165, 1.54) is 0 Å². The summed E-state index contributed by atoms with van der Waals surface area (Å²) in [5.74, 6) is -0.618. The predicted octanol–water partition coefficient (Wildman–Crippen LogP) is 2.10. The molecule has 0 amide bonds. The van der Waals surface area contributed by atoms with Crippen LogP contribution >= 0.6 is 12.4 Å². The zero-order chi connectivity index (χ0) is 19.1. The number of carbonyl (C=O) groups is 2. The Hall–Kier alpha value is -1.83. The highest BCUT2D eigenvalue weighted by molar-refractivity contribution is 5.85. The number of ether oxygens (including phenoxy) is 4. The minimum Gasteiger partial charge on any atom is -0.483 e. The number of esters is 2. The molecule has 0 aromatic heterocycles. The third-order valence-electron chi connectivity index (χ3n) is 4.04. The second-order valence-corrected chi connectivity index (χ2v) is 6.64. The summed E-state index contributed by atoms with van der Waals surface area (Å²) in [5, 5.41) is 0. The van der Waals surface area contributed by atoms with Gasteiger partial charge in [0.2, 0.25) is 0 Å². The van der Waals surface area contributed by atoms with Gasteiger partial charge in [0, 0.05) is 6.61 Å². The summed E-state index contributed by atoms with van der Waals surface area (Å²) >= 11 is 0. The first-order valence-corrected chi connectivity index (χ1v) is 8.84. The molecule has 2 N–H and O–H groups in total. The minimum atomic E-state index is -0.760. The molecule has 7 nitrogen and oxygen atoms in total. The van der Waals surface area contributed by atoms with Crippen molar-refractivity contribution in [1.82, 2.24) is 0 Å². The van der Waals surface area contributed by atoms with Gasteiger partial charge in [-0.1, -0.05) is 32.0 Å². The van der Waals surface area contributed by atoms with Crippen molar-refractivity contribution in [1.29, 1.82) is 0 Å². The van der Waals surface area contributed by atoms with Crippen molar-refractivity contribution in [3.63, 3.8) is 0 Å². The van der Waals surface area contributed by atoms with Crippen molar-refractivity contribution in [2.24, 2.45) is 11.7 Å². The molecular weight excluding hydrogens is 374 g/mol. The average molecular weight is 402 g/mol. The molecule has 1 aliphatic rings. The van der Waals surface area contributed by atoms with Crippen molar-refractivity contribution in [3.8, 4) is 5.75 Å². The van der Waals surface area contributed by atoms with Gasteiger partial charge < -0.3 is 24.7 Å². The van der Waals surface area contributed by atoms with E-state index in [-0.39, 0.29) is 37.5 Å². The SMILES string of the molecule is CC(C)C(=O)O[C@H]1COCC[C@H](N)C(=O)O[C@@H](C)[C@@H]1Oc1ccccc1.Cl. The Morgan fingerprint density at radius 3 is 2.56 bits per heavy atom. The Morgan fingerprint density at radius 1 is 1.26 bits per heavy atom. The second kappa shape index (κ2) is 11.1. The molecule has 0 spiro atoms. The molecule has 0 bridgehead atoms. The monoisotopic (exact) mass is 401 g/mol. The summed E-state index contributed by atoms with van der Waals surface area (Å²) in [7, 11) is 0. The standard InChI is InChI=1S/C19H27NO6.ClH/c1-12(2)18(21)26-16-11-23-10-9-15(20)19(22)24-13(3)17(16)25-14-7-5-4-6-8-14;/h4-8,12-13,15-17H,9-11,20H2,1-3H3;1H/t13-,15-,16-,17-;/m0./s1. The lowest BCUT2D eigenvalue weighted by Crippen LogP contribution is -2.50. The molecule has 0 radical (unpaired) electrons. The van der Waals surface area contributed by atoms with Crippen LogP contribution < -0.4 is 10.5 Å². The van der Waals surface area contributed by atoms with E-state index in [1.807, 2.05) is 18.2 Å². The highest BCUT2D eigenvalue weighted by Gasteiger charge is 2.36. The van der Waals surface area contributed by atoms with E-state index in [0.29, 0.717) is 12.2 Å².